The van der Waals surface area contributed by atoms with Crippen molar-refractivity contribution < 1.29 is 14.0 Å². The minimum atomic E-state index is -0.263. The van der Waals surface area contributed by atoms with Crippen molar-refractivity contribution in [2.45, 2.75) is 26.3 Å². The van der Waals surface area contributed by atoms with Crippen molar-refractivity contribution in [3.05, 3.63) is 69.1 Å². The fourth-order valence-electron chi connectivity index (χ4n) is 3.45. The molecule has 2 aromatic heterocycles. The molecule has 0 radical (unpaired) electrons. The van der Waals surface area contributed by atoms with Crippen molar-refractivity contribution in [2.24, 2.45) is 0 Å². The lowest BCUT2D eigenvalue weighted by molar-refractivity contribution is 0.404. The summed E-state index contributed by atoms with van der Waals surface area (Å²) in [5.41, 5.74) is 2.65. The Morgan fingerprint density at radius 2 is 1.84 bits per heavy atom. The van der Waals surface area contributed by atoms with Crippen LogP contribution in [0.4, 0.5) is 0 Å². The second-order valence-electron chi connectivity index (χ2n) is 7.43. The Morgan fingerprint density at radius 1 is 1.10 bits per heavy atom. The highest BCUT2D eigenvalue weighted by Gasteiger charge is 2.24. The van der Waals surface area contributed by atoms with Gasteiger partial charge in [0.25, 0.3) is 5.56 Å². The Bertz CT molecular complexity index is 1290. The minimum absolute atomic E-state index is 0.000358. The number of methoxy groups -OCH3 is 2. The number of benzene rings is 2. The molecule has 0 N–H and O–H groups in total. The van der Waals surface area contributed by atoms with Crippen LogP contribution >= 0.6 is 11.6 Å². The minimum Gasteiger partial charge on any atom is -0.497 e. The van der Waals surface area contributed by atoms with Crippen LogP contribution in [0.25, 0.3) is 22.2 Å². The van der Waals surface area contributed by atoms with Gasteiger partial charge in [-0.1, -0.05) is 42.7 Å². The fourth-order valence-corrected chi connectivity index (χ4v) is 3.58. The maximum atomic E-state index is 13.4. The van der Waals surface area contributed by atoms with Gasteiger partial charge in [-0.15, -0.1) is 0 Å². The Kier molecular flexibility index (Phi) is 5.69. The monoisotopic (exact) mass is 439 g/mol. The molecule has 0 fully saturated rings. The topological polar surface area (TPSA) is 79.4 Å². The van der Waals surface area contributed by atoms with Crippen molar-refractivity contribution in [3.8, 4) is 22.8 Å². The number of nitrogens with zero attached hydrogens (tertiary/aromatic N) is 3. The third-order valence-electron chi connectivity index (χ3n) is 5.06. The summed E-state index contributed by atoms with van der Waals surface area (Å²) in [6, 6.07) is 12.7. The van der Waals surface area contributed by atoms with Crippen molar-refractivity contribution >= 4 is 22.6 Å². The number of aromatic nitrogens is 3. The van der Waals surface area contributed by atoms with E-state index in [1.54, 1.807) is 44.6 Å². The van der Waals surface area contributed by atoms with Gasteiger partial charge in [-0.3, -0.25) is 4.79 Å². The SMILES string of the molecule is COc1ccc(OC)c(-c2nn(Cc3ccc(Cl)cc3)c(=O)c3c(C(C)C)noc23)c1. The van der Waals surface area contributed by atoms with E-state index in [-0.39, 0.29) is 18.0 Å². The molecule has 4 aromatic rings. The van der Waals surface area contributed by atoms with Crippen molar-refractivity contribution in [1.82, 2.24) is 14.9 Å². The van der Waals surface area contributed by atoms with Gasteiger partial charge in [0.05, 0.1) is 32.0 Å². The first kappa shape index (κ1) is 20.9. The largest absolute Gasteiger partial charge is 0.497 e. The summed E-state index contributed by atoms with van der Waals surface area (Å²) in [4.78, 5) is 13.4. The number of ether oxygens (including phenoxy) is 2. The first-order valence-corrected chi connectivity index (χ1v) is 10.2. The lowest BCUT2D eigenvalue weighted by atomic mass is 10.0. The third kappa shape index (κ3) is 3.88. The molecule has 0 bridgehead atoms. The van der Waals surface area contributed by atoms with Gasteiger partial charge < -0.3 is 14.0 Å². The zero-order chi connectivity index (χ0) is 22.1. The third-order valence-corrected chi connectivity index (χ3v) is 5.31. The molecule has 8 heteroatoms. The number of fused-ring (bicyclic) bond motifs is 1. The van der Waals surface area contributed by atoms with E-state index >= 15 is 0 Å². The molecule has 0 saturated carbocycles. The van der Waals surface area contributed by atoms with Crippen molar-refractivity contribution in [1.29, 1.82) is 0 Å². The van der Waals surface area contributed by atoms with E-state index in [1.807, 2.05) is 26.0 Å². The molecule has 2 aromatic carbocycles. The summed E-state index contributed by atoms with van der Waals surface area (Å²) in [6.07, 6.45) is 0. The van der Waals surface area contributed by atoms with Crippen LogP contribution in [0, 0.1) is 0 Å². The van der Waals surface area contributed by atoms with Gasteiger partial charge in [0.1, 0.15) is 22.6 Å². The quantitative estimate of drug-likeness (QED) is 0.425. The van der Waals surface area contributed by atoms with Crippen molar-refractivity contribution in [3.63, 3.8) is 0 Å². The molecule has 0 aliphatic heterocycles. The first-order valence-electron chi connectivity index (χ1n) is 9.80. The Balaban J connectivity index is 2.00. The summed E-state index contributed by atoms with van der Waals surface area (Å²) in [5, 5.41) is 9.87. The maximum Gasteiger partial charge on any atom is 0.280 e. The Labute approximate surface area is 184 Å². The molecule has 0 unspecified atom stereocenters. The summed E-state index contributed by atoms with van der Waals surface area (Å²) in [7, 11) is 3.16. The average Bonchev–Trinajstić information content (AvgIpc) is 3.22. The molecule has 0 amide bonds. The van der Waals surface area contributed by atoms with Gasteiger partial charge in [0.15, 0.2) is 0 Å². The number of hydrogen-bond donors (Lipinski definition) is 0. The standard InChI is InChI=1S/C23H22ClN3O4/c1-13(2)20-19-22(31-26-20)21(17-11-16(29-3)9-10-18(17)30-4)25-27(23(19)28)12-14-5-7-15(24)8-6-14/h5-11,13H,12H2,1-4H3. The van der Waals surface area contributed by atoms with Gasteiger partial charge in [0.2, 0.25) is 5.58 Å². The fraction of sp³-hybridized carbons (Fsp3) is 0.261. The van der Waals surface area contributed by atoms with Crippen LogP contribution in [0.15, 0.2) is 51.8 Å². The van der Waals surface area contributed by atoms with Gasteiger partial charge >= 0.3 is 0 Å². The average molecular weight is 440 g/mol. The molecular weight excluding hydrogens is 418 g/mol. The van der Waals surface area contributed by atoms with Crippen molar-refractivity contribution in [2.75, 3.05) is 14.2 Å². The molecular formula is C23H22ClN3O4. The second-order valence-corrected chi connectivity index (χ2v) is 7.87. The predicted molar refractivity (Wildman–Crippen MR) is 119 cm³/mol. The molecule has 2 heterocycles. The highest BCUT2D eigenvalue weighted by molar-refractivity contribution is 6.30. The molecule has 160 valence electrons. The van der Waals surface area contributed by atoms with Gasteiger partial charge in [-0.2, -0.15) is 5.10 Å². The van der Waals surface area contributed by atoms with Gasteiger partial charge in [-0.05, 0) is 41.8 Å². The molecule has 0 aliphatic carbocycles. The maximum absolute atomic E-state index is 13.4. The van der Waals surface area contributed by atoms with Crippen LogP contribution in [0.5, 0.6) is 11.5 Å². The Hall–Kier alpha value is -3.32. The molecule has 0 aliphatic rings. The number of hydrogen-bond acceptors (Lipinski definition) is 6. The molecule has 7 nitrogen and oxygen atoms in total. The zero-order valence-electron chi connectivity index (χ0n) is 17.7. The highest BCUT2D eigenvalue weighted by atomic mass is 35.5. The summed E-state index contributed by atoms with van der Waals surface area (Å²) < 4.78 is 18.0. The number of rotatable bonds is 6. The lowest BCUT2D eigenvalue weighted by Gasteiger charge is -2.13. The summed E-state index contributed by atoms with van der Waals surface area (Å²) in [5.74, 6) is 1.21. The van der Waals surface area contributed by atoms with E-state index in [9.17, 15) is 4.79 Å². The van der Waals surface area contributed by atoms with Crippen LogP contribution < -0.4 is 15.0 Å². The van der Waals surface area contributed by atoms with Crippen LogP contribution in [-0.4, -0.2) is 29.2 Å². The van der Waals surface area contributed by atoms with Crippen LogP contribution in [0.2, 0.25) is 5.02 Å². The van der Waals surface area contributed by atoms with Gasteiger partial charge in [0, 0.05) is 5.02 Å². The summed E-state index contributed by atoms with van der Waals surface area (Å²) in [6.45, 7) is 4.20. The molecule has 0 spiro atoms. The molecule has 0 saturated heterocycles. The Morgan fingerprint density at radius 3 is 2.48 bits per heavy atom. The smallest absolute Gasteiger partial charge is 0.280 e. The second kappa shape index (κ2) is 8.43. The van der Waals surface area contributed by atoms with Crippen LogP contribution in [0.1, 0.15) is 31.0 Å². The van der Waals surface area contributed by atoms with E-state index in [1.165, 1.54) is 4.68 Å². The first-order chi connectivity index (χ1) is 14.9. The van der Waals surface area contributed by atoms with E-state index in [4.69, 9.17) is 25.6 Å². The predicted octanol–water partition coefficient (Wildman–Crippen LogP) is 4.89. The van der Waals surface area contributed by atoms with E-state index in [0.29, 0.717) is 44.4 Å². The van der Waals surface area contributed by atoms with Gasteiger partial charge in [-0.25, -0.2) is 4.68 Å². The normalized spacial score (nSPS) is 11.3. The molecule has 0 atom stereocenters. The van der Waals surface area contributed by atoms with E-state index in [0.717, 1.165) is 5.56 Å². The van der Waals surface area contributed by atoms with Crippen LogP contribution in [-0.2, 0) is 6.54 Å². The molecule has 31 heavy (non-hydrogen) atoms. The molecule has 4 rings (SSSR count). The van der Waals surface area contributed by atoms with E-state index in [2.05, 4.69) is 10.3 Å². The van der Waals surface area contributed by atoms with E-state index < -0.39 is 0 Å². The lowest BCUT2D eigenvalue weighted by Crippen LogP contribution is -2.25. The van der Waals surface area contributed by atoms with Crippen LogP contribution in [0.3, 0.4) is 0 Å². The highest BCUT2D eigenvalue weighted by Crippen LogP contribution is 2.36. The summed E-state index contributed by atoms with van der Waals surface area (Å²) >= 11 is 6.00. The number of halogens is 1. The zero-order valence-corrected chi connectivity index (χ0v) is 18.4.